The molecule has 2 aromatic carbocycles. The van der Waals surface area contributed by atoms with Crippen LogP contribution in [-0.4, -0.2) is 47.2 Å². The van der Waals surface area contributed by atoms with Gasteiger partial charge in [0.2, 0.25) is 5.91 Å². The van der Waals surface area contributed by atoms with Crippen molar-refractivity contribution in [1.29, 1.82) is 0 Å². The monoisotopic (exact) mass is 504 g/mol. The lowest BCUT2D eigenvalue weighted by Gasteiger charge is -2.32. The number of carbonyl (C=O) groups is 1. The highest BCUT2D eigenvalue weighted by Gasteiger charge is 2.39. The molecule has 0 unspecified atom stereocenters. The van der Waals surface area contributed by atoms with Gasteiger partial charge in [0.05, 0.1) is 23.2 Å². The highest BCUT2D eigenvalue weighted by atomic mass is 32.1. The average Bonchev–Trinajstić information content (AvgIpc) is 3.00. The third kappa shape index (κ3) is 6.17. The molecule has 12 heteroatoms. The quantitative estimate of drug-likeness (QED) is 0.457. The van der Waals surface area contributed by atoms with E-state index in [0.29, 0.717) is 18.6 Å². The Morgan fingerprint density at radius 2 is 1.59 bits per heavy atom. The van der Waals surface area contributed by atoms with Gasteiger partial charge in [0.15, 0.2) is 5.11 Å². The Bertz CT molecular complexity index is 1010. The Labute approximate surface area is 197 Å². The normalized spacial score (nSPS) is 18.2. The van der Waals surface area contributed by atoms with Gasteiger partial charge in [-0.05, 0) is 42.4 Å². The Morgan fingerprint density at radius 3 is 2.06 bits per heavy atom. The van der Waals surface area contributed by atoms with Crippen molar-refractivity contribution in [2.24, 2.45) is 0 Å². The summed E-state index contributed by atoms with van der Waals surface area (Å²) < 4.78 is 79.0. The zero-order valence-corrected chi connectivity index (χ0v) is 19.0. The van der Waals surface area contributed by atoms with Crippen molar-refractivity contribution >= 4 is 28.9 Å². The summed E-state index contributed by atoms with van der Waals surface area (Å²) >= 11 is 5.23. The Kier molecular flexibility index (Phi) is 7.41. The van der Waals surface area contributed by atoms with Crippen molar-refractivity contribution in [2.75, 3.05) is 19.4 Å². The van der Waals surface area contributed by atoms with E-state index in [2.05, 4.69) is 10.6 Å². The molecule has 2 aromatic rings. The summed E-state index contributed by atoms with van der Waals surface area (Å²) in [7, 11) is 3.33. The van der Waals surface area contributed by atoms with Crippen LogP contribution in [0.3, 0.4) is 0 Å². The third-order valence-corrected chi connectivity index (χ3v) is 5.84. The minimum absolute atomic E-state index is 0.0504. The fraction of sp³-hybridized carbons (Fsp3) is 0.364. The van der Waals surface area contributed by atoms with Gasteiger partial charge in [0.1, 0.15) is 0 Å². The lowest BCUT2D eigenvalue weighted by atomic mass is 9.97. The van der Waals surface area contributed by atoms with Crippen LogP contribution < -0.4 is 10.6 Å². The average molecular weight is 505 g/mol. The molecule has 34 heavy (non-hydrogen) atoms. The van der Waals surface area contributed by atoms with Gasteiger partial charge in [-0.1, -0.05) is 30.3 Å². The van der Waals surface area contributed by atoms with Crippen molar-refractivity contribution in [3.05, 3.63) is 65.2 Å². The zero-order chi connectivity index (χ0) is 25.3. The summed E-state index contributed by atoms with van der Waals surface area (Å²) in [6.45, 7) is 0. The molecule has 0 spiro atoms. The lowest BCUT2D eigenvalue weighted by molar-refractivity contribution is -0.143. The Morgan fingerprint density at radius 1 is 1.03 bits per heavy atom. The zero-order valence-electron chi connectivity index (χ0n) is 18.2. The van der Waals surface area contributed by atoms with Crippen LogP contribution in [0.5, 0.6) is 0 Å². The highest BCUT2D eigenvalue weighted by molar-refractivity contribution is 7.80. The standard InChI is InChI=1S/C22H22F6N4OS/c1-31-18(12-19(33)32(31)2)17(8-13-6-4-3-5-7-13)30-20(34)29-16-10-14(21(23,24)25)9-15(11-16)22(26,27)28/h3-7,9-11,17-18H,8,12H2,1-2H3,(H2,29,30,34)/t17-,18-/m0/s1. The molecule has 1 saturated heterocycles. The minimum Gasteiger partial charge on any atom is -0.358 e. The smallest absolute Gasteiger partial charge is 0.358 e. The highest BCUT2D eigenvalue weighted by Crippen LogP contribution is 2.37. The number of halogens is 6. The number of amides is 1. The maximum absolute atomic E-state index is 13.2. The van der Waals surface area contributed by atoms with E-state index < -0.39 is 35.2 Å². The van der Waals surface area contributed by atoms with Gasteiger partial charge < -0.3 is 10.6 Å². The van der Waals surface area contributed by atoms with Crippen LogP contribution in [0.25, 0.3) is 0 Å². The Balaban J connectivity index is 1.85. The molecule has 0 bridgehead atoms. The molecule has 2 N–H and O–H groups in total. The van der Waals surface area contributed by atoms with Gasteiger partial charge in [-0.25, -0.2) is 5.01 Å². The number of rotatable bonds is 5. The third-order valence-electron chi connectivity index (χ3n) is 5.62. The predicted molar refractivity (Wildman–Crippen MR) is 119 cm³/mol. The summed E-state index contributed by atoms with van der Waals surface area (Å²) in [6, 6.07) is 9.61. The Hall–Kier alpha value is -2.86. The number of nitrogens with one attached hydrogen (secondary N) is 2. The molecule has 1 heterocycles. The molecule has 1 fully saturated rings. The predicted octanol–water partition coefficient (Wildman–Crippen LogP) is 4.70. The molecular weight excluding hydrogens is 482 g/mol. The van der Waals surface area contributed by atoms with E-state index in [4.69, 9.17) is 12.2 Å². The summed E-state index contributed by atoms with van der Waals surface area (Å²) in [6.07, 6.45) is -9.36. The molecule has 0 radical (unpaired) electrons. The summed E-state index contributed by atoms with van der Waals surface area (Å²) in [5, 5.41) is 8.43. The van der Waals surface area contributed by atoms with Crippen LogP contribution in [0.2, 0.25) is 0 Å². The van der Waals surface area contributed by atoms with Gasteiger partial charge in [-0.2, -0.15) is 26.3 Å². The number of carbonyl (C=O) groups excluding carboxylic acids is 1. The van der Waals surface area contributed by atoms with Crippen LogP contribution in [0.4, 0.5) is 32.0 Å². The van der Waals surface area contributed by atoms with E-state index in [0.717, 1.165) is 5.56 Å². The number of nitrogens with zero attached hydrogens (tertiary/aromatic N) is 2. The second-order valence-corrected chi connectivity index (χ2v) is 8.36. The molecule has 0 saturated carbocycles. The van der Waals surface area contributed by atoms with Crippen molar-refractivity contribution < 1.29 is 31.1 Å². The van der Waals surface area contributed by atoms with E-state index in [1.54, 1.807) is 19.1 Å². The van der Waals surface area contributed by atoms with Crippen LogP contribution in [0.15, 0.2) is 48.5 Å². The topological polar surface area (TPSA) is 47.6 Å². The number of benzene rings is 2. The van der Waals surface area contributed by atoms with E-state index >= 15 is 0 Å². The molecule has 5 nitrogen and oxygen atoms in total. The fourth-order valence-electron chi connectivity index (χ4n) is 3.76. The number of alkyl halides is 6. The van der Waals surface area contributed by atoms with E-state index in [-0.39, 0.29) is 29.5 Å². The number of anilines is 1. The number of hydrogen-bond acceptors (Lipinski definition) is 3. The second-order valence-electron chi connectivity index (χ2n) is 7.95. The first-order chi connectivity index (χ1) is 15.8. The van der Waals surface area contributed by atoms with Crippen LogP contribution in [0, 0.1) is 0 Å². The SMILES string of the molecule is CN1C(=O)C[C@@H]([C@H](Cc2ccccc2)NC(=S)Nc2cc(C(F)(F)F)cc(C(F)(F)F)c2)N1C. The van der Waals surface area contributed by atoms with Crippen LogP contribution >= 0.6 is 12.2 Å². The number of hydrogen-bond donors (Lipinski definition) is 2. The number of hydrazine groups is 1. The largest absolute Gasteiger partial charge is 0.416 e. The van der Waals surface area contributed by atoms with Crippen molar-refractivity contribution in [3.63, 3.8) is 0 Å². The first kappa shape index (κ1) is 25.8. The molecule has 3 rings (SSSR count). The van der Waals surface area contributed by atoms with E-state index in [9.17, 15) is 31.1 Å². The van der Waals surface area contributed by atoms with Gasteiger partial charge in [-0.3, -0.25) is 9.80 Å². The van der Waals surface area contributed by atoms with Gasteiger partial charge in [0, 0.05) is 26.2 Å². The molecule has 1 amide bonds. The molecule has 0 aliphatic carbocycles. The van der Waals surface area contributed by atoms with Gasteiger partial charge in [0.25, 0.3) is 0 Å². The summed E-state index contributed by atoms with van der Waals surface area (Å²) in [5.74, 6) is -0.126. The minimum atomic E-state index is -4.97. The molecular formula is C22H22F6N4OS. The first-order valence-corrected chi connectivity index (χ1v) is 10.6. The van der Waals surface area contributed by atoms with Crippen LogP contribution in [-0.2, 0) is 23.6 Å². The first-order valence-electron chi connectivity index (χ1n) is 10.2. The van der Waals surface area contributed by atoms with Gasteiger partial charge >= 0.3 is 12.4 Å². The van der Waals surface area contributed by atoms with Gasteiger partial charge in [-0.15, -0.1) is 0 Å². The maximum Gasteiger partial charge on any atom is 0.416 e. The van der Waals surface area contributed by atoms with Crippen molar-refractivity contribution in [2.45, 2.75) is 37.3 Å². The fourth-order valence-corrected chi connectivity index (χ4v) is 4.03. The number of thiocarbonyl (C=S) groups is 1. The van der Waals surface area contributed by atoms with E-state index in [1.165, 1.54) is 5.01 Å². The molecule has 0 aromatic heterocycles. The molecule has 2 atom stereocenters. The van der Waals surface area contributed by atoms with Crippen molar-refractivity contribution in [3.8, 4) is 0 Å². The summed E-state index contributed by atoms with van der Waals surface area (Å²) in [5.41, 5.74) is -2.44. The van der Waals surface area contributed by atoms with E-state index in [1.807, 2.05) is 30.3 Å². The van der Waals surface area contributed by atoms with Crippen LogP contribution in [0.1, 0.15) is 23.1 Å². The molecule has 1 aliphatic rings. The molecule has 184 valence electrons. The maximum atomic E-state index is 13.2. The second kappa shape index (κ2) is 9.79. The lowest BCUT2D eigenvalue weighted by Crippen LogP contribution is -2.52. The van der Waals surface area contributed by atoms with Crippen molar-refractivity contribution in [1.82, 2.24) is 15.3 Å². The number of likely N-dealkylation sites (N-methyl/N-ethyl adjacent to an activating group) is 1. The molecule has 1 aliphatic heterocycles. The summed E-state index contributed by atoms with van der Waals surface area (Å²) in [4.78, 5) is 12.2.